The number of hydrogen-bond acceptors (Lipinski definition) is 5. The molecule has 1 aromatic heterocycles. The summed E-state index contributed by atoms with van der Waals surface area (Å²) < 4.78 is 0. The summed E-state index contributed by atoms with van der Waals surface area (Å²) in [6, 6.07) is 6.51. The van der Waals surface area contributed by atoms with Gasteiger partial charge in [-0.15, -0.1) is 10.2 Å². The number of benzene rings is 1. The first-order valence-electron chi connectivity index (χ1n) is 6.21. The van der Waals surface area contributed by atoms with Crippen LogP contribution in [0, 0.1) is 6.92 Å². The van der Waals surface area contributed by atoms with E-state index in [1.807, 2.05) is 6.92 Å². The topological polar surface area (TPSA) is 49.8 Å². The maximum atomic E-state index is 4.08. The van der Waals surface area contributed by atoms with Gasteiger partial charge in [0.2, 0.25) is 5.13 Å². The molecule has 94 valence electrons. The van der Waals surface area contributed by atoms with Crippen LogP contribution < -0.4 is 10.6 Å². The molecular formula is C13H16N4S. The van der Waals surface area contributed by atoms with Crippen LogP contribution in [0.4, 0.5) is 10.8 Å². The van der Waals surface area contributed by atoms with Gasteiger partial charge in [0.05, 0.1) is 0 Å². The Balaban J connectivity index is 1.76. The first-order valence-corrected chi connectivity index (χ1v) is 7.03. The summed E-state index contributed by atoms with van der Waals surface area (Å²) in [5.74, 6) is 0. The number of rotatable bonds is 3. The lowest BCUT2D eigenvalue weighted by Crippen LogP contribution is -2.14. The first kappa shape index (κ1) is 11.5. The van der Waals surface area contributed by atoms with Crippen LogP contribution >= 0.6 is 11.3 Å². The smallest absolute Gasteiger partial charge is 0.205 e. The fourth-order valence-corrected chi connectivity index (χ4v) is 2.85. The van der Waals surface area contributed by atoms with Crippen LogP contribution in [-0.4, -0.2) is 16.7 Å². The number of fused-ring (bicyclic) bond motifs is 1. The Morgan fingerprint density at radius 2 is 2.33 bits per heavy atom. The minimum Gasteiger partial charge on any atom is -0.385 e. The molecule has 0 aliphatic carbocycles. The highest BCUT2D eigenvalue weighted by atomic mass is 32.1. The first-order chi connectivity index (χ1) is 8.83. The van der Waals surface area contributed by atoms with Crippen molar-refractivity contribution in [2.24, 2.45) is 0 Å². The Hall–Kier alpha value is -1.62. The van der Waals surface area contributed by atoms with Crippen LogP contribution in [0.15, 0.2) is 18.2 Å². The second kappa shape index (κ2) is 4.94. The zero-order chi connectivity index (χ0) is 12.4. The maximum Gasteiger partial charge on any atom is 0.205 e. The molecule has 0 atom stereocenters. The van der Waals surface area contributed by atoms with Gasteiger partial charge < -0.3 is 10.6 Å². The lowest BCUT2D eigenvalue weighted by atomic mass is 9.99. The lowest BCUT2D eigenvalue weighted by Gasteiger charge is -2.21. The highest BCUT2D eigenvalue weighted by Gasteiger charge is 2.12. The summed E-state index contributed by atoms with van der Waals surface area (Å²) in [6.07, 6.45) is 2.40. The third kappa shape index (κ3) is 2.31. The summed E-state index contributed by atoms with van der Waals surface area (Å²) in [5, 5.41) is 16.8. The molecule has 1 aliphatic rings. The molecule has 1 aliphatic heterocycles. The van der Waals surface area contributed by atoms with E-state index in [1.54, 1.807) is 11.3 Å². The van der Waals surface area contributed by atoms with E-state index < -0.39 is 0 Å². The van der Waals surface area contributed by atoms with Crippen molar-refractivity contribution in [3.8, 4) is 0 Å². The molecule has 0 spiro atoms. The Morgan fingerprint density at radius 1 is 1.39 bits per heavy atom. The summed E-state index contributed by atoms with van der Waals surface area (Å²) in [7, 11) is 0. The average molecular weight is 260 g/mol. The Labute approximate surface area is 110 Å². The molecule has 0 saturated heterocycles. The minimum absolute atomic E-state index is 0.796. The number of aromatic nitrogens is 2. The molecule has 0 radical (unpaired) electrons. The molecule has 2 heterocycles. The number of nitrogens with one attached hydrogen (secondary N) is 2. The van der Waals surface area contributed by atoms with Gasteiger partial charge in [0.25, 0.3) is 0 Å². The van der Waals surface area contributed by atoms with Crippen LogP contribution in [0.5, 0.6) is 0 Å². The van der Waals surface area contributed by atoms with E-state index in [0.717, 1.165) is 23.2 Å². The summed E-state index contributed by atoms with van der Waals surface area (Å²) in [5.41, 5.74) is 4.03. The molecule has 3 rings (SSSR count). The molecule has 0 unspecified atom stereocenters. The van der Waals surface area contributed by atoms with Crippen molar-refractivity contribution < 1.29 is 0 Å². The van der Waals surface area contributed by atoms with Gasteiger partial charge in [0.15, 0.2) is 0 Å². The fourth-order valence-electron chi connectivity index (χ4n) is 2.27. The average Bonchev–Trinajstić information content (AvgIpc) is 2.82. The van der Waals surface area contributed by atoms with Crippen LogP contribution in [0.25, 0.3) is 0 Å². The van der Waals surface area contributed by atoms with Gasteiger partial charge >= 0.3 is 0 Å². The number of anilines is 2. The highest BCUT2D eigenvalue weighted by Crippen LogP contribution is 2.27. The van der Waals surface area contributed by atoms with E-state index in [2.05, 4.69) is 39.0 Å². The van der Waals surface area contributed by atoms with Crippen molar-refractivity contribution in [2.45, 2.75) is 26.3 Å². The van der Waals surface area contributed by atoms with Crippen molar-refractivity contribution in [1.82, 2.24) is 10.2 Å². The van der Waals surface area contributed by atoms with Gasteiger partial charge in [-0.3, -0.25) is 0 Å². The Morgan fingerprint density at radius 3 is 3.17 bits per heavy atom. The Kier molecular flexibility index (Phi) is 3.15. The predicted molar refractivity (Wildman–Crippen MR) is 75.2 cm³/mol. The molecule has 0 fully saturated rings. The van der Waals surface area contributed by atoms with E-state index in [4.69, 9.17) is 0 Å². The standard InChI is InChI=1S/C13H16N4S/c1-9-16-17-13(18-9)15-8-11-5-2-4-10-6-3-7-14-12(10)11/h2,4-5,14H,3,6-8H2,1H3,(H,15,17). The van der Waals surface area contributed by atoms with E-state index in [1.165, 1.54) is 29.7 Å². The minimum atomic E-state index is 0.796. The summed E-state index contributed by atoms with van der Waals surface area (Å²) in [6.45, 7) is 3.83. The zero-order valence-corrected chi connectivity index (χ0v) is 11.2. The molecule has 0 amide bonds. The van der Waals surface area contributed by atoms with Gasteiger partial charge in [0.1, 0.15) is 5.01 Å². The number of nitrogens with zero attached hydrogens (tertiary/aromatic N) is 2. The van der Waals surface area contributed by atoms with E-state index in [9.17, 15) is 0 Å². The number of para-hydroxylation sites is 1. The molecule has 0 saturated carbocycles. The third-order valence-corrected chi connectivity index (χ3v) is 3.91. The molecule has 1 aromatic carbocycles. The predicted octanol–water partition coefficient (Wildman–Crippen LogP) is 2.82. The largest absolute Gasteiger partial charge is 0.385 e. The highest BCUT2D eigenvalue weighted by molar-refractivity contribution is 7.15. The second-order valence-corrected chi connectivity index (χ2v) is 5.64. The van der Waals surface area contributed by atoms with E-state index in [-0.39, 0.29) is 0 Å². The van der Waals surface area contributed by atoms with Gasteiger partial charge in [0, 0.05) is 18.8 Å². The van der Waals surface area contributed by atoms with Crippen molar-refractivity contribution >= 4 is 22.2 Å². The monoisotopic (exact) mass is 260 g/mol. The van der Waals surface area contributed by atoms with Crippen molar-refractivity contribution in [3.05, 3.63) is 34.3 Å². The molecule has 4 nitrogen and oxygen atoms in total. The van der Waals surface area contributed by atoms with Gasteiger partial charge in [-0.2, -0.15) is 0 Å². The fraction of sp³-hybridized carbons (Fsp3) is 0.385. The van der Waals surface area contributed by atoms with Crippen LogP contribution in [-0.2, 0) is 13.0 Å². The van der Waals surface area contributed by atoms with E-state index in [0.29, 0.717) is 0 Å². The normalized spacial score (nSPS) is 13.8. The zero-order valence-electron chi connectivity index (χ0n) is 10.4. The van der Waals surface area contributed by atoms with Crippen LogP contribution in [0.1, 0.15) is 22.6 Å². The van der Waals surface area contributed by atoms with E-state index >= 15 is 0 Å². The third-order valence-electron chi connectivity index (χ3n) is 3.12. The molecular weight excluding hydrogens is 244 g/mol. The molecule has 2 aromatic rings. The number of aryl methyl sites for hydroxylation is 2. The molecule has 18 heavy (non-hydrogen) atoms. The van der Waals surface area contributed by atoms with Crippen molar-refractivity contribution in [2.75, 3.05) is 17.2 Å². The maximum absolute atomic E-state index is 4.08. The van der Waals surface area contributed by atoms with Crippen molar-refractivity contribution in [3.63, 3.8) is 0 Å². The lowest BCUT2D eigenvalue weighted by molar-refractivity contribution is 0.824. The van der Waals surface area contributed by atoms with Gasteiger partial charge in [-0.25, -0.2) is 0 Å². The Bertz CT molecular complexity index is 550. The molecule has 5 heteroatoms. The molecule has 2 N–H and O–H groups in total. The van der Waals surface area contributed by atoms with Crippen LogP contribution in [0.3, 0.4) is 0 Å². The molecule has 0 bridgehead atoms. The SMILES string of the molecule is Cc1nnc(NCc2cccc3c2NCCC3)s1. The quantitative estimate of drug-likeness (QED) is 0.891. The van der Waals surface area contributed by atoms with Gasteiger partial charge in [-0.1, -0.05) is 29.5 Å². The second-order valence-electron chi connectivity index (χ2n) is 4.46. The van der Waals surface area contributed by atoms with Gasteiger partial charge in [-0.05, 0) is 30.9 Å². The van der Waals surface area contributed by atoms with Crippen molar-refractivity contribution in [1.29, 1.82) is 0 Å². The van der Waals surface area contributed by atoms with Crippen LogP contribution in [0.2, 0.25) is 0 Å². The summed E-state index contributed by atoms with van der Waals surface area (Å²) in [4.78, 5) is 0. The number of hydrogen-bond donors (Lipinski definition) is 2. The summed E-state index contributed by atoms with van der Waals surface area (Å²) >= 11 is 1.59.